The molecule has 0 unspecified atom stereocenters. The minimum absolute atomic E-state index is 0.162. The van der Waals surface area contributed by atoms with Gasteiger partial charge in [0.25, 0.3) is 0 Å². The smallest absolute Gasteiger partial charge is 0.374 e. The summed E-state index contributed by atoms with van der Waals surface area (Å²) in [6, 6.07) is 9.01. The van der Waals surface area contributed by atoms with Gasteiger partial charge in [-0.15, -0.1) is 0 Å². The third kappa shape index (κ3) is 3.76. The van der Waals surface area contributed by atoms with E-state index in [1.54, 1.807) is 24.3 Å². The molecule has 1 aromatic carbocycles. The van der Waals surface area contributed by atoms with Crippen molar-refractivity contribution in [2.45, 2.75) is 26.7 Å². The molecule has 0 saturated heterocycles. The van der Waals surface area contributed by atoms with E-state index in [2.05, 4.69) is 6.07 Å². The second-order valence-electron chi connectivity index (χ2n) is 5.64. The molecule has 0 fully saturated rings. The van der Waals surface area contributed by atoms with E-state index >= 15 is 0 Å². The number of benzene rings is 1. The zero-order chi connectivity index (χ0) is 15.5. The fourth-order valence-corrected chi connectivity index (χ4v) is 1.97. The van der Waals surface area contributed by atoms with Crippen LogP contribution >= 0.6 is 0 Å². The van der Waals surface area contributed by atoms with Gasteiger partial charge in [-0.05, 0) is 51.0 Å². The van der Waals surface area contributed by atoms with Crippen LogP contribution < -0.4 is 5.73 Å². The first kappa shape index (κ1) is 14.9. The van der Waals surface area contributed by atoms with Gasteiger partial charge in [0, 0.05) is 11.1 Å². The highest BCUT2D eigenvalue weighted by molar-refractivity contribution is 5.93. The summed E-state index contributed by atoms with van der Waals surface area (Å²) in [6.07, 6.45) is 1.31. The average Bonchev–Trinajstić information content (AvgIpc) is 2.86. The topological polar surface area (TPSA) is 89.2 Å². The van der Waals surface area contributed by atoms with Gasteiger partial charge in [0.2, 0.25) is 5.76 Å². The van der Waals surface area contributed by atoms with Crippen LogP contribution in [0.1, 0.15) is 37.2 Å². The summed E-state index contributed by atoms with van der Waals surface area (Å²) >= 11 is 0. The van der Waals surface area contributed by atoms with Gasteiger partial charge in [-0.25, -0.2) is 4.79 Å². The van der Waals surface area contributed by atoms with Gasteiger partial charge in [0.05, 0.1) is 18.1 Å². The van der Waals surface area contributed by atoms with E-state index < -0.39 is 11.4 Å². The SMILES string of the molecule is CC(C)(C#N)CCCOC(=O)c1cc2cc(N)ccc2o1. The summed E-state index contributed by atoms with van der Waals surface area (Å²) in [5.41, 5.74) is 6.49. The summed E-state index contributed by atoms with van der Waals surface area (Å²) < 4.78 is 10.6. The standard InChI is InChI=1S/C16H18N2O3/c1-16(2,10-17)6-3-7-20-15(19)14-9-11-8-12(18)4-5-13(11)21-14/h4-5,8-9H,3,6-7,18H2,1-2H3. The first-order chi connectivity index (χ1) is 9.91. The Bertz CT molecular complexity index is 695. The predicted octanol–water partition coefficient (Wildman–Crippen LogP) is 3.50. The predicted molar refractivity (Wildman–Crippen MR) is 79.5 cm³/mol. The number of furan rings is 1. The monoisotopic (exact) mass is 286 g/mol. The van der Waals surface area contributed by atoms with Gasteiger partial charge in [-0.2, -0.15) is 5.26 Å². The molecule has 0 bridgehead atoms. The summed E-state index contributed by atoms with van der Waals surface area (Å²) in [5.74, 6) is -0.338. The number of fused-ring (bicyclic) bond motifs is 1. The van der Waals surface area contributed by atoms with Gasteiger partial charge in [-0.3, -0.25) is 0 Å². The van der Waals surface area contributed by atoms with E-state index in [9.17, 15) is 4.79 Å². The molecule has 5 nitrogen and oxygen atoms in total. The van der Waals surface area contributed by atoms with Crippen LogP contribution in [0.4, 0.5) is 5.69 Å². The largest absolute Gasteiger partial charge is 0.460 e. The molecule has 5 heteroatoms. The minimum Gasteiger partial charge on any atom is -0.460 e. The number of carbonyl (C=O) groups excluding carboxylic acids is 1. The maximum absolute atomic E-state index is 11.9. The van der Waals surface area contributed by atoms with Crippen LogP contribution in [0.3, 0.4) is 0 Å². The quantitative estimate of drug-likeness (QED) is 0.516. The number of anilines is 1. The van der Waals surface area contributed by atoms with Crippen LogP contribution in [0.5, 0.6) is 0 Å². The molecule has 21 heavy (non-hydrogen) atoms. The first-order valence-corrected chi connectivity index (χ1v) is 6.79. The lowest BCUT2D eigenvalue weighted by molar-refractivity contribution is 0.0457. The Morgan fingerprint density at radius 3 is 2.90 bits per heavy atom. The lowest BCUT2D eigenvalue weighted by atomic mass is 9.90. The van der Waals surface area contributed by atoms with Crippen molar-refractivity contribution >= 4 is 22.6 Å². The molecular formula is C16H18N2O3. The summed E-state index contributed by atoms with van der Waals surface area (Å²) in [4.78, 5) is 11.9. The molecule has 0 atom stereocenters. The maximum Gasteiger partial charge on any atom is 0.374 e. The second-order valence-corrected chi connectivity index (χ2v) is 5.64. The molecule has 110 valence electrons. The van der Waals surface area contributed by atoms with E-state index in [1.807, 2.05) is 13.8 Å². The normalized spacial score (nSPS) is 11.3. The minimum atomic E-state index is -0.500. The number of rotatable bonds is 5. The summed E-state index contributed by atoms with van der Waals surface area (Å²) in [7, 11) is 0. The van der Waals surface area contributed by atoms with E-state index in [4.69, 9.17) is 20.1 Å². The Labute approximate surface area is 123 Å². The second kappa shape index (κ2) is 5.88. The first-order valence-electron chi connectivity index (χ1n) is 6.79. The number of esters is 1. The maximum atomic E-state index is 11.9. The Morgan fingerprint density at radius 2 is 2.19 bits per heavy atom. The van der Waals surface area contributed by atoms with Crippen molar-refractivity contribution in [2.24, 2.45) is 5.41 Å². The highest BCUT2D eigenvalue weighted by atomic mass is 16.5. The van der Waals surface area contributed by atoms with Gasteiger partial charge in [0.1, 0.15) is 5.58 Å². The Balaban J connectivity index is 1.92. The molecule has 2 N–H and O–H groups in total. The Morgan fingerprint density at radius 1 is 1.43 bits per heavy atom. The highest BCUT2D eigenvalue weighted by Crippen LogP contribution is 2.23. The number of nitriles is 1. The molecule has 2 aromatic rings. The third-order valence-electron chi connectivity index (χ3n) is 3.22. The molecular weight excluding hydrogens is 268 g/mol. The van der Waals surface area contributed by atoms with Crippen molar-refractivity contribution in [3.8, 4) is 6.07 Å². The zero-order valence-corrected chi connectivity index (χ0v) is 12.2. The van der Waals surface area contributed by atoms with Crippen molar-refractivity contribution in [1.29, 1.82) is 5.26 Å². The lowest BCUT2D eigenvalue weighted by Crippen LogP contribution is -2.11. The number of carbonyl (C=O) groups is 1. The van der Waals surface area contributed by atoms with E-state index in [-0.39, 0.29) is 12.4 Å². The summed E-state index contributed by atoms with van der Waals surface area (Å²) in [5, 5.41) is 9.67. The number of hydrogen-bond acceptors (Lipinski definition) is 5. The molecule has 0 spiro atoms. The lowest BCUT2D eigenvalue weighted by Gasteiger charge is -2.13. The molecule has 1 heterocycles. The molecule has 0 aliphatic carbocycles. The number of nitrogens with two attached hydrogens (primary N) is 1. The number of ether oxygens (including phenoxy) is 1. The van der Waals surface area contributed by atoms with Crippen LogP contribution in [-0.2, 0) is 4.74 Å². The molecule has 0 saturated carbocycles. The fraction of sp³-hybridized carbons (Fsp3) is 0.375. The van der Waals surface area contributed by atoms with Gasteiger partial charge >= 0.3 is 5.97 Å². The molecule has 0 radical (unpaired) electrons. The summed E-state index contributed by atoms with van der Waals surface area (Å²) in [6.45, 7) is 3.99. The van der Waals surface area contributed by atoms with Gasteiger partial charge < -0.3 is 14.9 Å². The molecule has 1 aromatic heterocycles. The number of nitrogen functional groups attached to an aromatic ring is 1. The van der Waals surface area contributed by atoms with E-state index in [0.29, 0.717) is 24.1 Å². The van der Waals surface area contributed by atoms with Crippen molar-refractivity contribution in [3.63, 3.8) is 0 Å². The van der Waals surface area contributed by atoms with Crippen LogP contribution in [0.15, 0.2) is 28.7 Å². The number of hydrogen-bond donors (Lipinski definition) is 1. The Kier molecular flexibility index (Phi) is 4.18. The van der Waals surface area contributed by atoms with Crippen LogP contribution in [-0.4, -0.2) is 12.6 Å². The molecule has 0 amide bonds. The van der Waals surface area contributed by atoms with Crippen molar-refractivity contribution in [1.82, 2.24) is 0 Å². The molecule has 2 rings (SSSR count). The van der Waals surface area contributed by atoms with Crippen molar-refractivity contribution in [2.75, 3.05) is 12.3 Å². The van der Waals surface area contributed by atoms with Crippen LogP contribution in [0.2, 0.25) is 0 Å². The van der Waals surface area contributed by atoms with E-state index in [1.165, 1.54) is 0 Å². The van der Waals surface area contributed by atoms with Gasteiger partial charge in [0.15, 0.2) is 0 Å². The van der Waals surface area contributed by atoms with Gasteiger partial charge in [-0.1, -0.05) is 0 Å². The van der Waals surface area contributed by atoms with E-state index in [0.717, 1.165) is 5.39 Å². The Hall–Kier alpha value is -2.48. The number of nitrogens with zero attached hydrogens (tertiary/aromatic N) is 1. The zero-order valence-electron chi connectivity index (χ0n) is 12.2. The molecule has 0 aliphatic heterocycles. The average molecular weight is 286 g/mol. The van der Waals surface area contributed by atoms with Crippen molar-refractivity contribution in [3.05, 3.63) is 30.0 Å². The van der Waals surface area contributed by atoms with Crippen molar-refractivity contribution < 1.29 is 13.9 Å². The molecule has 0 aliphatic rings. The fourth-order valence-electron chi connectivity index (χ4n) is 1.97. The third-order valence-corrected chi connectivity index (χ3v) is 3.22. The van der Waals surface area contributed by atoms with Crippen LogP contribution in [0, 0.1) is 16.7 Å². The van der Waals surface area contributed by atoms with Crippen LogP contribution in [0.25, 0.3) is 11.0 Å². The highest BCUT2D eigenvalue weighted by Gasteiger charge is 2.17.